The molecule has 0 unspecified atom stereocenters. The lowest BCUT2D eigenvalue weighted by Crippen LogP contribution is -2.35. The predicted molar refractivity (Wildman–Crippen MR) is 133 cm³/mol. The van der Waals surface area contributed by atoms with E-state index in [4.69, 9.17) is 14.9 Å². The highest BCUT2D eigenvalue weighted by molar-refractivity contribution is 8.42. The highest BCUT2D eigenvalue weighted by Gasteiger charge is 2.38. The number of hydrazone groups is 1. The lowest BCUT2D eigenvalue weighted by Gasteiger charge is -2.20. The van der Waals surface area contributed by atoms with Gasteiger partial charge < -0.3 is 9.47 Å². The standard InChI is InChI=1S/C23H22N4O5S2/c1-14-5-4-6-15(2)19(14)32-12-11-31-17-9-7-16(8-10-17)13-18-20(24)27-22(25-21(18)28)33-23(26-27)34(3,29)30/h4-10,13,24H,11-12H2,1-3H3/b18-13+,24-20?. The average Bonchev–Trinajstić information content (AvgIpc) is 3.21. The van der Waals surface area contributed by atoms with Gasteiger partial charge in [0.15, 0.2) is 5.84 Å². The van der Waals surface area contributed by atoms with Crippen molar-refractivity contribution in [2.75, 3.05) is 19.5 Å². The Bertz CT molecular complexity index is 1340. The van der Waals surface area contributed by atoms with Crippen LogP contribution in [0.2, 0.25) is 0 Å². The quantitative estimate of drug-likeness (QED) is 0.479. The molecule has 4 rings (SSSR count). The smallest absolute Gasteiger partial charge is 0.283 e. The van der Waals surface area contributed by atoms with Crippen molar-refractivity contribution in [3.8, 4) is 11.5 Å². The summed E-state index contributed by atoms with van der Waals surface area (Å²) >= 11 is 0.751. The minimum absolute atomic E-state index is 0.0125. The second-order valence-electron chi connectivity index (χ2n) is 7.64. The molecule has 0 bridgehead atoms. The molecule has 0 saturated heterocycles. The molecule has 0 aliphatic carbocycles. The third kappa shape index (κ3) is 5.05. The van der Waals surface area contributed by atoms with E-state index in [0.717, 1.165) is 39.9 Å². The first-order valence-electron chi connectivity index (χ1n) is 10.3. The minimum Gasteiger partial charge on any atom is -0.490 e. The number of amides is 1. The number of nitrogens with zero attached hydrogens (tertiary/aromatic N) is 3. The fourth-order valence-electron chi connectivity index (χ4n) is 3.28. The Kier molecular flexibility index (Phi) is 6.58. The van der Waals surface area contributed by atoms with E-state index in [-0.39, 0.29) is 21.0 Å². The Morgan fingerprint density at radius 1 is 1.06 bits per heavy atom. The van der Waals surface area contributed by atoms with E-state index < -0.39 is 15.7 Å². The van der Waals surface area contributed by atoms with E-state index in [2.05, 4.69) is 10.1 Å². The summed E-state index contributed by atoms with van der Waals surface area (Å²) in [6, 6.07) is 13.0. The van der Waals surface area contributed by atoms with E-state index >= 15 is 0 Å². The molecule has 1 N–H and O–H groups in total. The summed E-state index contributed by atoms with van der Waals surface area (Å²) in [5.41, 5.74) is 2.81. The van der Waals surface area contributed by atoms with Crippen LogP contribution in [0.1, 0.15) is 16.7 Å². The maximum atomic E-state index is 12.4. The van der Waals surface area contributed by atoms with E-state index in [1.54, 1.807) is 24.3 Å². The van der Waals surface area contributed by atoms with Crippen LogP contribution in [0.3, 0.4) is 0 Å². The molecule has 9 nitrogen and oxygen atoms in total. The molecular formula is C23H22N4O5S2. The fourth-order valence-corrected chi connectivity index (χ4v) is 4.97. The van der Waals surface area contributed by atoms with Gasteiger partial charge in [-0.25, -0.2) is 8.42 Å². The second-order valence-corrected chi connectivity index (χ2v) is 10.8. The van der Waals surface area contributed by atoms with Crippen molar-refractivity contribution >= 4 is 49.0 Å². The minimum atomic E-state index is -3.57. The first-order valence-corrected chi connectivity index (χ1v) is 13.0. The average molecular weight is 499 g/mol. The molecule has 2 aliphatic heterocycles. The topological polar surface area (TPSA) is 121 Å². The summed E-state index contributed by atoms with van der Waals surface area (Å²) in [4.78, 5) is 16.3. The summed E-state index contributed by atoms with van der Waals surface area (Å²) in [5, 5.41) is 13.3. The van der Waals surface area contributed by atoms with Gasteiger partial charge in [-0.15, -0.1) is 5.10 Å². The lowest BCUT2D eigenvalue weighted by molar-refractivity contribution is -0.114. The maximum Gasteiger partial charge on any atom is 0.283 e. The van der Waals surface area contributed by atoms with Crippen LogP contribution in [-0.2, 0) is 14.6 Å². The largest absolute Gasteiger partial charge is 0.490 e. The van der Waals surface area contributed by atoms with Gasteiger partial charge in [-0.3, -0.25) is 10.2 Å². The summed E-state index contributed by atoms with van der Waals surface area (Å²) in [7, 11) is -3.57. The van der Waals surface area contributed by atoms with E-state index in [9.17, 15) is 13.2 Å². The number of carbonyl (C=O) groups is 1. The Balaban J connectivity index is 1.39. The van der Waals surface area contributed by atoms with Crippen molar-refractivity contribution in [2.45, 2.75) is 13.8 Å². The predicted octanol–water partition coefficient (Wildman–Crippen LogP) is 3.38. The summed E-state index contributed by atoms with van der Waals surface area (Å²) < 4.78 is 34.9. The van der Waals surface area contributed by atoms with E-state index in [0.29, 0.717) is 24.5 Å². The SMILES string of the molecule is Cc1cccc(C)c1OCCOc1ccc(/C=C2\C(=N)N3N=C(S(C)(=O)=O)SC3=NC2=O)cc1. The van der Waals surface area contributed by atoms with Crippen LogP contribution in [0.5, 0.6) is 11.5 Å². The number of benzene rings is 2. The zero-order valence-corrected chi connectivity index (χ0v) is 20.4. The van der Waals surface area contributed by atoms with Crippen LogP contribution in [0.15, 0.2) is 58.1 Å². The Hall–Kier alpha value is -3.44. The number of sulfone groups is 1. The van der Waals surface area contributed by atoms with Gasteiger partial charge in [0.1, 0.15) is 24.7 Å². The number of amidine groups is 2. The number of hydrogen-bond acceptors (Lipinski definition) is 8. The number of hydrogen-bond donors (Lipinski definition) is 1. The molecule has 0 spiro atoms. The fraction of sp³-hybridized carbons (Fsp3) is 0.217. The zero-order chi connectivity index (χ0) is 24.5. The number of ether oxygens (including phenoxy) is 2. The van der Waals surface area contributed by atoms with Gasteiger partial charge in [0, 0.05) is 6.26 Å². The first kappa shape index (κ1) is 23.7. The molecule has 2 aromatic rings. The van der Waals surface area contributed by atoms with Crippen LogP contribution >= 0.6 is 11.8 Å². The number of aliphatic imine (C=N–C) groups is 1. The van der Waals surface area contributed by atoms with Gasteiger partial charge in [-0.2, -0.15) is 10.0 Å². The van der Waals surface area contributed by atoms with Crippen molar-refractivity contribution in [1.29, 1.82) is 5.41 Å². The third-order valence-corrected chi connectivity index (χ3v) is 7.53. The summed E-state index contributed by atoms with van der Waals surface area (Å²) in [6.07, 6.45) is 2.52. The van der Waals surface area contributed by atoms with Crippen molar-refractivity contribution in [3.63, 3.8) is 0 Å². The van der Waals surface area contributed by atoms with Gasteiger partial charge in [0.05, 0.1) is 5.57 Å². The molecule has 0 atom stereocenters. The summed E-state index contributed by atoms with van der Waals surface area (Å²) in [6.45, 7) is 4.76. The Morgan fingerprint density at radius 2 is 1.71 bits per heavy atom. The van der Waals surface area contributed by atoms with Gasteiger partial charge in [0.2, 0.25) is 19.4 Å². The Morgan fingerprint density at radius 3 is 2.35 bits per heavy atom. The van der Waals surface area contributed by atoms with E-state index in [1.807, 2.05) is 32.0 Å². The number of para-hydroxylation sites is 1. The van der Waals surface area contributed by atoms with Crippen molar-refractivity contribution in [2.24, 2.45) is 10.1 Å². The number of aryl methyl sites for hydroxylation is 2. The maximum absolute atomic E-state index is 12.4. The molecule has 0 radical (unpaired) electrons. The molecule has 176 valence electrons. The van der Waals surface area contributed by atoms with Crippen LogP contribution in [0.4, 0.5) is 0 Å². The van der Waals surface area contributed by atoms with Crippen molar-refractivity contribution in [3.05, 3.63) is 64.7 Å². The highest BCUT2D eigenvalue weighted by atomic mass is 32.3. The lowest BCUT2D eigenvalue weighted by atomic mass is 10.1. The molecular weight excluding hydrogens is 476 g/mol. The molecule has 2 aliphatic rings. The van der Waals surface area contributed by atoms with Gasteiger partial charge in [0.25, 0.3) is 5.91 Å². The number of thioether (sulfide) groups is 1. The van der Waals surface area contributed by atoms with Gasteiger partial charge in [-0.05, 0) is 60.5 Å². The number of rotatable bonds is 6. The van der Waals surface area contributed by atoms with Crippen molar-refractivity contribution in [1.82, 2.24) is 5.01 Å². The number of fused-ring (bicyclic) bond motifs is 1. The van der Waals surface area contributed by atoms with Crippen LogP contribution in [-0.4, -0.2) is 54.2 Å². The van der Waals surface area contributed by atoms with Crippen LogP contribution in [0, 0.1) is 19.3 Å². The normalized spacial score (nSPS) is 16.9. The number of nitrogens with one attached hydrogen (secondary N) is 1. The van der Waals surface area contributed by atoms with Gasteiger partial charge in [-0.1, -0.05) is 30.3 Å². The summed E-state index contributed by atoms with van der Waals surface area (Å²) in [5.74, 6) is 0.640. The Labute approximate surface area is 201 Å². The highest BCUT2D eigenvalue weighted by Crippen LogP contribution is 2.30. The molecule has 34 heavy (non-hydrogen) atoms. The molecule has 0 fully saturated rings. The third-order valence-electron chi connectivity index (χ3n) is 4.95. The molecule has 1 amide bonds. The number of carbonyl (C=O) groups excluding carboxylic acids is 1. The van der Waals surface area contributed by atoms with Crippen LogP contribution in [0.25, 0.3) is 6.08 Å². The van der Waals surface area contributed by atoms with Crippen molar-refractivity contribution < 1.29 is 22.7 Å². The van der Waals surface area contributed by atoms with Gasteiger partial charge >= 0.3 is 0 Å². The molecule has 11 heteroatoms. The zero-order valence-electron chi connectivity index (χ0n) is 18.7. The molecule has 0 aromatic heterocycles. The second kappa shape index (κ2) is 9.43. The van der Waals surface area contributed by atoms with E-state index in [1.165, 1.54) is 6.08 Å². The first-order chi connectivity index (χ1) is 16.1. The monoisotopic (exact) mass is 498 g/mol. The molecule has 2 aromatic carbocycles. The molecule has 2 heterocycles. The van der Waals surface area contributed by atoms with Crippen LogP contribution < -0.4 is 9.47 Å². The molecule has 0 saturated carbocycles.